The van der Waals surface area contributed by atoms with E-state index >= 15 is 0 Å². The van der Waals surface area contributed by atoms with Gasteiger partial charge < -0.3 is 4.74 Å². The van der Waals surface area contributed by atoms with E-state index in [2.05, 4.69) is 0 Å². The Bertz CT molecular complexity index is 196. The highest BCUT2D eigenvalue weighted by molar-refractivity contribution is 5.82. The summed E-state index contributed by atoms with van der Waals surface area (Å²) >= 11 is 0. The van der Waals surface area contributed by atoms with Crippen LogP contribution in [0.3, 0.4) is 0 Å². The van der Waals surface area contributed by atoms with Crippen LogP contribution in [-0.4, -0.2) is 12.1 Å². The number of hydrogen-bond acceptors (Lipinski definition) is 2. The number of esters is 1. The van der Waals surface area contributed by atoms with Gasteiger partial charge in [-0.05, 0) is 39.5 Å². The number of rotatable bonds is 2. The molecule has 1 fully saturated rings. The fraction of sp³-hybridized carbons (Fsp3) is 0.727. The van der Waals surface area contributed by atoms with E-state index in [1.54, 1.807) is 6.08 Å². The molecular formula is C11H18O2. The van der Waals surface area contributed by atoms with Crippen molar-refractivity contribution in [3.8, 4) is 0 Å². The number of allylic oxidation sites excluding steroid dienone is 1. The minimum atomic E-state index is -0.174. The van der Waals surface area contributed by atoms with Gasteiger partial charge in [0.1, 0.15) is 6.10 Å². The first-order valence-corrected chi connectivity index (χ1v) is 5.04. The van der Waals surface area contributed by atoms with Crippen LogP contribution in [0.25, 0.3) is 0 Å². The Kier molecular flexibility index (Phi) is 4.00. The van der Waals surface area contributed by atoms with E-state index in [9.17, 15) is 4.79 Å². The average Bonchev–Trinajstić information content (AvgIpc) is 2.04. The van der Waals surface area contributed by atoms with Gasteiger partial charge in [0.05, 0.1) is 0 Å². The Labute approximate surface area is 80.0 Å². The first-order valence-electron chi connectivity index (χ1n) is 5.04. The lowest BCUT2D eigenvalue weighted by molar-refractivity contribution is -0.144. The molecule has 0 aliphatic heterocycles. The number of hydrogen-bond donors (Lipinski definition) is 0. The molecule has 0 atom stereocenters. The monoisotopic (exact) mass is 182 g/mol. The summed E-state index contributed by atoms with van der Waals surface area (Å²) in [5.41, 5.74) is 1.00. The van der Waals surface area contributed by atoms with E-state index in [1.165, 1.54) is 19.3 Å². The second-order valence-electron chi connectivity index (χ2n) is 3.92. The molecular weight excluding hydrogens is 164 g/mol. The summed E-state index contributed by atoms with van der Waals surface area (Å²) in [6.45, 7) is 3.81. The maximum atomic E-state index is 11.2. The predicted octanol–water partition coefficient (Wildman–Crippen LogP) is 2.83. The predicted molar refractivity (Wildman–Crippen MR) is 52.4 cm³/mol. The Morgan fingerprint density at radius 2 is 1.85 bits per heavy atom. The standard InChI is InChI=1S/C11H18O2/c1-9(2)8-11(12)13-10-6-4-3-5-7-10/h8,10H,3-7H2,1-2H3. The number of carbonyl (C=O) groups is 1. The topological polar surface area (TPSA) is 26.3 Å². The smallest absolute Gasteiger partial charge is 0.330 e. The number of carbonyl (C=O) groups excluding carboxylic acids is 1. The molecule has 0 heterocycles. The van der Waals surface area contributed by atoms with Crippen LogP contribution in [0.15, 0.2) is 11.6 Å². The van der Waals surface area contributed by atoms with Crippen LogP contribution in [-0.2, 0) is 9.53 Å². The zero-order valence-electron chi connectivity index (χ0n) is 8.51. The largest absolute Gasteiger partial charge is 0.459 e. The molecule has 0 aromatic heterocycles. The van der Waals surface area contributed by atoms with Crippen LogP contribution in [0.4, 0.5) is 0 Å². The van der Waals surface area contributed by atoms with Gasteiger partial charge in [0, 0.05) is 6.08 Å². The molecule has 2 heteroatoms. The Morgan fingerprint density at radius 1 is 1.23 bits per heavy atom. The molecule has 13 heavy (non-hydrogen) atoms. The lowest BCUT2D eigenvalue weighted by atomic mass is 9.98. The van der Waals surface area contributed by atoms with Gasteiger partial charge in [0.2, 0.25) is 0 Å². The third-order valence-corrected chi connectivity index (χ3v) is 2.24. The summed E-state index contributed by atoms with van der Waals surface area (Å²) in [6.07, 6.45) is 7.52. The van der Waals surface area contributed by atoms with Crippen LogP contribution < -0.4 is 0 Å². The fourth-order valence-electron chi connectivity index (χ4n) is 1.62. The fourth-order valence-corrected chi connectivity index (χ4v) is 1.62. The molecule has 0 unspecified atom stereocenters. The van der Waals surface area contributed by atoms with Gasteiger partial charge >= 0.3 is 5.97 Å². The molecule has 0 amide bonds. The minimum absolute atomic E-state index is 0.174. The van der Waals surface area contributed by atoms with Gasteiger partial charge in [-0.1, -0.05) is 12.0 Å². The first kappa shape index (κ1) is 10.3. The Morgan fingerprint density at radius 3 is 2.38 bits per heavy atom. The lowest BCUT2D eigenvalue weighted by Crippen LogP contribution is -2.19. The molecule has 74 valence electrons. The van der Waals surface area contributed by atoms with Crippen molar-refractivity contribution in [1.82, 2.24) is 0 Å². The summed E-state index contributed by atoms with van der Waals surface area (Å²) < 4.78 is 5.29. The highest BCUT2D eigenvalue weighted by atomic mass is 16.5. The zero-order valence-corrected chi connectivity index (χ0v) is 8.51. The van der Waals surface area contributed by atoms with Gasteiger partial charge in [-0.15, -0.1) is 0 Å². The van der Waals surface area contributed by atoms with Gasteiger partial charge in [-0.25, -0.2) is 4.79 Å². The summed E-state index contributed by atoms with van der Waals surface area (Å²) in [7, 11) is 0. The van der Waals surface area contributed by atoms with Crippen LogP contribution in [0.1, 0.15) is 46.0 Å². The molecule has 0 spiro atoms. The van der Waals surface area contributed by atoms with E-state index in [0.717, 1.165) is 18.4 Å². The molecule has 0 bridgehead atoms. The number of ether oxygens (including phenoxy) is 1. The lowest BCUT2D eigenvalue weighted by Gasteiger charge is -2.21. The van der Waals surface area contributed by atoms with E-state index in [-0.39, 0.29) is 12.1 Å². The summed E-state index contributed by atoms with van der Waals surface area (Å²) in [5, 5.41) is 0. The SMILES string of the molecule is CC(C)=CC(=O)OC1CCCCC1. The molecule has 1 rings (SSSR count). The maximum absolute atomic E-state index is 11.2. The normalized spacial score (nSPS) is 18.0. The van der Waals surface area contributed by atoms with Crippen molar-refractivity contribution < 1.29 is 9.53 Å². The molecule has 0 N–H and O–H groups in total. The van der Waals surface area contributed by atoms with Crippen molar-refractivity contribution in [3.05, 3.63) is 11.6 Å². The van der Waals surface area contributed by atoms with Crippen molar-refractivity contribution in [1.29, 1.82) is 0 Å². The van der Waals surface area contributed by atoms with Crippen molar-refractivity contribution in [2.24, 2.45) is 0 Å². The highest BCUT2D eigenvalue weighted by Gasteiger charge is 2.16. The van der Waals surface area contributed by atoms with Crippen molar-refractivity contribution >= 4 is 5.97 Å². The summed E-state index contributed by atoms with van der Waals surface area (Å²) in [4.78, 5) is 11.2. The van der Waals surface area contributed by atoms with Crippen molar-refractivity contribution in [2.75, 3.05) is 0 Å². The van der Waals surface area contributed by atoms with E-state index in [0.29, 0.717) is 0 Å². The quantitative estimate of drug-likeness (QED) is 0.485. The first-order chi connectivity index (χ1) is 6.18. The van der Waals surface area contributed by atoms with Crippen LogP contribution in [0.2, 0.25) is 0 Å². The minimum Gasteiger partial charge on any atom is -0.459 e. The zero-order chi connectivity index (χ0) is 9.68. The Hall–Kier alpha value is -0.790. The molecule has 2 nitrogen and oxygen atoms in total. The van der Waals surface area contributed by atoms with Crippen LogP contribution >= 0.6 is 0 Å². The average molecular weight is 182 g/mol. The molecule has 1 aliphatic carbocycles. The van der Waals surface area contributed by atoms with E-state index < -0.39 is 0 Å². The van der Waals surface area contributed by atoms with Crippen molar-refractivity contribution in [2.45, 2.75) is 52.1 Å². The third-order valence-electron chi connectivity index (χ3n) is 2.24. The summed E-state index contributed by atoms with van der Waals surface area (Å²) in [6, 6.07) is 0. The second-order valence-corrected chi connectivity index (χ2v) is 3.92. The second kappa shape index (κ2) is 5.05. The molecule has 0 aromatic rings. The van der Waals surface area contributed by atoms with Gasteiger partial charge in [-0.3, -0.25) is 0 Å². The van der Waals surface area contributed by atoms with E-state index in [1.807, 2.05) is 13.8 Å². The highest BCUT2D eigenvalue weighted by Crippen LogP contribution is 2.20. The maximum Gasteiger partial charge on any atom is 0.330 e. The molecule has 0 aromatic carbocycles. The van der Waals surface area contributed by atoms with E-state index in [4.69, 9.17) is 4.74 Å². The van der Waals surface area contributed by atoms with Crippen molar-refractivity contribution in [3.63, 3.8) is 0 Å². The summed E-state index contributed by atoms with van der Waals surface area (Å²) in [5.74, 6) is -0.174. The Balaban J connectivity index is 2.30. The molecule has 0 saturated heterocycles. The van der Waals surface area contributed by atoms with Crippen LogP contribution in [0, 0.1) is 0 Å². The van der Waals surface area contributed by atoms with Crippen LogP contribution in [0.5, 0.6) is 0 Å². The van der Waals surface area contributed by atoms with Gasteiger partial charge in [0.15, 0.2) is 0 Å². The molecule has 0 radical (unpaired) electrons. The van der Waals surface area contributed by atoms with Gasteiger partial charge in [-0.2, -0.15) is 0 Å². The molecule has 1 saturated carbocycles. The van der Waals surface area contributed by atoms with Gasteiger partial charge in [0.25, 0.3) is 0 Å². The third kappa shape index (κ3) is 4.11. The molecule has 1 aliphatic rings.